The maximum atomic E-state index is 11.4. The molecule has 2 heterocycles. The first kappa shape index (κ1) is 24.5. The fourth-order valence-electron chi connectivity index (χ4n) is 4.35. The topological polar surface area (TPSA) is 108 Å². The number of carboxylic acids is 1. The van der Waals surface area contributed by atoms with Crippen LogP contribution in [0.1, 0.15) is 48.9 Å². The molecule has 1 aromatic carbocycles. The zero-order chi connectivity index (χ0) is 23.8. The second-order valence-corrected chi connectivity index (χ2v) is 8.22. The number of carboxylic acid groups (broad SMARTS) is 1. The minimum atomic E-state index is -0.864. The number of hydrogen-bond donors (Lipinski definition) is 2. The zero-order valence-corrected chi connectivity index (χ0v) is 19.5. The summed E-state index contributed by atoms with van der Waals surface area (Å²) in [4.78, 5) is 18.3. The lowest BCUT2D eigenvalue weighted by atomic mass is 9.95. The first-order chi connectivity index (χ1) is 16.0. The molecule has 0 saturated carbocycles. The van der Waals surface area contributed by atoms with E-state index < -0.39 is 5.97 Å². The van der Waals surface area contributed by atoms with Gasteiger partial charge in [0.25, 0.3) is 0 Å². The lowest BCUT2D eigenvalue weighted by Crippen LogP contribution is -2.39. The predicted molar refractivity (Wildman–Crippen MR) is 127 cm³/mol. The van der Waals surface area contributed by atoms with Gasteiger partial charge in [0, 0.05) is 38.8 Å². The molecule has 1 saturated heterocycles. The lowest BCUT2D eigenvalue weighted by Gasteiger charge is -2.36. The number of anilines is 3. The second kappa shape index (κ2) is 11.6. The van der Waals surface area contributed by atoms with Crippen LogP contribution in [0.4, 0.5) is 17.2 Å². The molecule has 1 aromatic heterocycles. The molecule has 0 aliphatic carbocycles. The highest BCUT2D eigenvalue weighted by molar-refractivity contribution is 5.76. The van der Waals surface area contributed by atoms with Crippen molar-refractivity contribution in [1.82, 2.24) is 4.98 Å². The number of benzene rings is 1. The summed E-state index contributed by atoms with van der Waals surface area (Å²) in [6.07, 6.45) is 1.89. The van der Waals surface area contributed by atoms with Gasteiger partial charge in [-0.15, -0.1) is 0 Å². The average molecular weight is 453 g/mol. The van der Waals surface area contributed by atoms with Crippen molar-refractivity contribution in [2.24, 2.45) is 0 Å². The molecular formula is C25H32N4O4. The Balaban J connectivity index is 2.02. The Kier molecular flexibility index (Phi) is 8.64. The number of aromatic nitrogens is 1. The summed E-state index contributed by atoms with van der Waals surface area (Å²) >= 11 is 0. The number of carbonyl (C=O) groups is 1. The largest absolute Gasteiger partial charge is 0.481 e. The summed E-state index contributed by atoms with van der Waals surface area (Å²) in [7, 11) is 1.58. The van der Waals surface area contributed by atoms with Crippen LogP contribution in [0.5, 0.6) is 0 Å². The van der Waals surface area contributed by atoms with Crippen LogP contribution in [0.2, 0.25) is 0 Å². The van der Waals surface area contributed by atoms with E-state index in [2.05, 4.69) is 34.3 Å². The predicted octanol–water partition coefficient (Wildman–Crippen LogP) is 4.22. The molecule has 0 amide bonds. The maximum Gasteiger partial charge on any atom is 0.304 e. The number of aryl methyl sites for hydroxylation is 1. The standard InChI is InChI=1S/C25H32N4O4/c1-4-29(21-9-11-33-12-10-21)23-7-5-18(20(16-32-3)14-25(30)31)13-22(23)28-24-8-6-19(15-26)17(2)27-24/h5-8,13,20-21H,4,9-12,14,16H2,1-3H3,(H,27,28)(H,30,31)/t20-/m1/s1. The molecule has 1 aliphatic heterocycles. The van der Waals surface area contributed by atoms with E-state index in [4.69, 9.17) is 9.47 Å². The number of aliphatic carboxylic acids is 1. The van der Waals surface area contributed by atoms with Gasteiger partial charge in [0.1, 0.15) is 11.9 Å². The number of hydrogen-bond acceptors (Lipinski definition) is 7. The Hall–Kier alpha value is -3.15. The maximum absolute atomic E-state index is 11.4. The van der Waals surface area contributed by atoms with Gasteiger partial charge in [-0.25, -0.2) is 4.98 Å². The van der Waals surface area contributed by atoms with Crippen LogP contribution in [-0.4, -0.2) is 55.6 Å². The summed E-state index contributed by atoms with van der Waals surface area (Å²) in [5.74, 6) is -0.497. The van der Waals surface area contributed by atoms with E-state index in [-0.39, 0.29) is 12.3 Å². The van der Waals surface area contributed by atoms with Crippen molar-refractivity contribution in [3.8, 4) is 6.07 Å². The number of ether oxygens (including phenoxy) is 2. The molecule has 0 bridgehead atoms. The van der Waals surface area contributed by atoms with Crippen LogP contribution in [0.15, 0.2) is 30.3 Å². The molecule has 0 spiro atoms. The van der Waals surface area contributed by atoms with E-state index in [1.54, 1.807) is 19.2 Å². The van der Waals surface area contributed by atoms with Gasteiger partial charge in [0.15, 0.2) is 0 Å². The Morgan fingerprint density at radius 1 is 1.36 bits per heavy atom. The molecule has 3 rings (SSSR count). The lowest BCUT2D eigenvalue weighted by molar-refractivity contribution is -0.137. The first-order valence-electron chi connectivity index (χ1n) is 11.3. The molecule has 2 aromatic rings. The summed E-state index contributed by atoms with van der Waals surface area (Å²) in [5, 5.41) is 22.0. The summed E-state index contributed by atoms with van der Waals surface area (Å²) in [6.45, 7) is 6.57. The quantitative estimate of drug-likeness (QED) is 0.552. The Bertz CT molecular complexity index is 998. The fourth-order valence-corrected chi connectivity index (χ4v) is 4.35. The van der Waals surface area contributed by atoms with Crippen molar-refractivity contribution in [1.29, 1.82) is 5.26 Å². The first-order valence-corrected chi connectivity index (χ1v) is 11.3. The van der Waals surface area contributed by atoms with Crippen molar-refractivity contribution in [2.45, 2.75) is 45.1 Å². The van der Waals surface area contributed by atoms with E-state index in [1.807, 2.05) is 19.1 Å². The van der Waals surface area contributed by atoms with Gasteiger partial charge >= 0.3 is 5.97 Å². The molecule has 0 unspecified atom stereocenters. The molecule has 1 atom stereocenters. The molecule has 0 radical (unpaired) electrons. The van der Waals surface area contributed by atoms with Crippen molar-refractivity contribution in [3.05, 3.63) is 47.2 Å². The minimum Gasteiger partial charge on any atom is -0.481 e. The molecule has 8 heteroatoms. The minimum absolute atomic E-state index is 0.0156. The summed E-state index contributed by atoms with van der Waals surface area (Å²) in [5.41, 5.74) is 3.96. The number of nitriles is 1. The SMILES string of the molecule is CCN(c1ccc([C@@H](COC)CC(=O)O)cc1Nc1ccc(C#N)c(C)n1)C1CCOCC1. The van der Waals surface area contributed by atoms with Crippen LogP contribution in [-0.2, 0) is 14.3 Å². The van der Waals surface area contributed by atoms with Crippen LogP contribution >= 0.6 is 0 Å². The Morgan fingerprint density at radius 2 is 2.12 bits per heavy atom. The third-order valence-electron chi connectivity index (χ3n) is 6.03. The second-order valence-electron chi connectivity index (χ2n) is 8.22. The van der Waals surface area contributed by atoms with Gasteiger partial charge in [-0.2, -0.15) is 5.26 Å². The van der Waals surface area contributed by atoms with Crippen LogP contribution < -0.4 is 10.2 Å². The molecule has 1 aliphatic rings. The van der Waals surface area contributed by atoms with Gasteiger partial charge in [0.05, 0.1) is 35.7 Å². The zero-order valence-electron chi connectivity index (χ0n) is 19.5. The van der Waals surface area contributed by atoms with Crippen molar-refractivity contribution < 1.29 is 19.4 Å². The third-order valence-corrected chi connectivity index (χ3v) is 6.03. The summed E-state index contributed by atoms with van der Waals surface area (Å²) < 4.78 is 10.9. The smallest absolute Gasteiger partial charge is 0.304 e. The van der Waals surface area contributed by atoms with Crippen LogP contribution in [0.25, 0.3) is 0 Å². The van der Waals surface area contributed by atoms with Crippen LogP contribution in [0, 0.1) is 18.3 Å². The highest BCUT2D eigenvalue weighted by atomic mass is 16.5. The number of methoxy groups -OCH3 is 1. The van der Waals surface area contributed by atoms with E-state index in [9.17, 15) is 15.2 Å². The highest BCUT2D eigenvalue weighted by Crippen LogP contribution is 2.35. The van der Waals surface area contributed by atoms with Crippen molar-refractivity contribution in [3.63, 3.8) is 0 Å². The van der Waals surface area contributed by atoms with Crippen molar-refractivity contribution >= 4 is 23.2 Å². The number of nitrogens with one attached hydrogen (secondary N) is 1. The van der Waals surface area contributed by atoms with Gasteiger partial charge in [-0.3, -0.25) is 4.79 Å². The fraction of sp³-hybridized carbons (Fsp3) is 0.480. The molecule has 2 N–H and O–H groups in total. The van der Waals surface area contributed by atoms with Gasteiger partial charge < -0.3 is 24.8 Å². The normalized spacial score (nSPS) is 15.0. The van der Waals surface area contributed by atoms with Gasteiger partial charge in [0.2, 0.25) is 0 Å². The third kappa shape index (κ3) is 6.21. The number of rotatable bonds is 10. The monoisotopic (exact) mass is 452 g/mol. The summed E-state index contributed by atoms with van der Waals surface area (Å²) in [6, 6.07) is 12.1. The molecular weight excluding hydrogens is 420 g/mol. The molecule has 33 heavy (non-hydrogen) atoms. The Labute approximate surface area is 195 Å². The van der Waals surface area contributed by atoms with Gasteiger partial charge in [-0.1, -0.05) is 6.07 Å². The molecule has 176 valence electrons. The average Bonchev–Trinajstić information content (AvgIpc) is 2.81. The van der Waals surface area contributed by atoms with E-state index in [0.29, 0.717) is 29.7 Å². The molecule has 8 nitrogen and oxygen atoms in total. The van der Waals surface area contributed by atoms with Gasteiger partial charge in [-0.05, 0) is 56.5 Å². The van der Waals surface area contributed by atoms with Crippen molar-refractivity contribution in [2.75, 3.05) is 43.7 Å². The molecule has 1 fully saturated rings. The van der Waals surface area contributed by atoms with Crippen LogP contribution in [0.3, 0.4) is 0 Å². The number of nitrogens with zero attached hydrogens (tertiary/aromatic N) is 3. The van der Waals surface area contributed by atoms with E-state index in [1.165, 1.54) is 0 Å². The van der Waals surface area contributed by atoms with E-state index in [0.717, 1.165) is 49.5 Å². The number of pyridine rings is 1. The Morgan fingerprint density at radius 3 is 2.73 bits per heavy atom. The van der Waals surface area contributed by atoms with E-state index >= 15 is 0 Å². The highest BCUT2D eigenvalue weighted by Gasteiger charge is 2.24.